The Bertz CT molecular complexity index is 672. The van der Waals surface area contributed by atoms with Crippen LogP contribution in [0.25, 0.3) is 11.1 Å². The van der Waals surface area contributed by atoms with Gasteiger partial charge in [-0.2, -0.15) is 0 Å². The second kappa shape index (κ2) is 5.61. The lowest BCUT2D eigenvalue weighted by molar-refractivity contribution is 0.412. The van der Waals surface area contributed by atoms with E-state index in [4.69, 9.17) is 9.26 Å². The molecule has 1 aromatic heterocycles. The van der Waals surface area contributed by atoms with Gasteiger partial charge in [0.05, 0.1) is 12.8 Å². The maximum absolute atomic E-state index is 5.16. The van der Waals surface area contributed by atoms with Gasteiger partial charge in [0, 0.05) is 12.0 Å². The molecule has 20 heavy (non-hydrogen) atoms. The van der Waals surface area contributed by atoms with Crippen molar-refractivity contribution in [2.75, 3.05) is 7.11 Å². The largest absolute Gasteiger partial charge is 0.497 e. The lowest BCUT2D eigenvalue weighted by atomic mass is 10.0. The summed E-state index contributed by atoms with van der Waals surface area (Å²) < 4.78 is 10.3. The molecule has 0 unspecified atom stereocenters. The summed E-state index contributed by atoms with van der Waals surface area (Å²) in [6, 6.07) is 18.1. The number of benzene rings is 2. The Balaban J connectivity index is 1.86. The molecule has 100 valence electrons. The monoisotopic (exact) mass is 265 g/mol. The van der Waals surface area contributed by atoms with Crippen molar-refractivity contribution >= 4 is 0 Å². The summed E-state index contributed by atoms with van der Waals surface area (Å²) in [6.07, 6.45) is 2.44. The van der Waals surface area contributed by atoms with E-state index < -0.39 is 0 Å². The highest BCUT2D eigenvalue weighted by atomic mass is 16.5. The molecule has 0 radical (unpaired) electrons. The van der Waals surface area contributed by atoms with Crippen LogP contribution in [0.15, 0.2) is 65.4 Å². The molecule has 3 aromatic rings. The van der Waals surface area contributed by atoms with Crippen LogP contribution in [0.3, 0.4) is 0 Å². The molecule has 0 aliphatic heterocycles. The molecule has 0 aliphatic carbocycles. The quantitative estimate of drug-likeness (QED) is 0.716. The lowest BCUT2D eigenvalue weighted by Gasteiger charge is -2.03. The fraction of sp³-hybridized carbons (Fsp3) is 0.118. The average Bonchev–Trinajstić information content (AvgIpc) is 2.97. The van der Waals surface area contributed by atoms with E-state index in [0.29, 0.717) is 0 Å². The van der Waals surface area contributed by atoms with Gasteiger partial charge in [-0.1, -0.05) is 47.6 Å². The van der Waals surface area contributed by atoms with E-state index in [1.165, 1.54) is 5.56 Å². The predicted octanol–water partition coefficient (Wildman–Crippen LogP) is 3.94. The first-order valence-corrected chi connectivity index (χ1v) is 6.48. The molecule has 0 bridgehead atoms. The third kappa shape index (κ3) is 2.57. The van der Waals surface area contributed by atoms with E-state index in [9.17, 15) is 0 Å². The van der Waals surface area contributed by atoms with Crippen molar-refractivity contribution in [3.05, 3.63) is 72.1 Å². The fourth-order valence-electron chi connectivity index (χ4n) is 2.18. The Morgan fingerprint density at radius 2 is 1.75 bits per heavy atom. The van der Waals surface area contributed by atoms with Crippen molar-refractivity contribution in [1.82, 2.24) is 5.16 Å². The standard InChI is InChI=1S/C17H15NO2/c1-19-15-9-7-13(8-10-15)11-17-16(12-20-18-17)14-5-3-2-4-6-14/h2-10,12H,11H2,1H3. The second-order valence-corrected chi connectivity index (χ2v) is 4.57. The van der Waals surface area contributed by atoms with Gasteiger partial charge in [-0.25, -0.2) is 0 Å². The summed E-state index contributed by atoms with van der Waals surface area (Å²) in [5.74, 6) is 0.859. The van der Waals surface area contributed by atoms with Crippen LogP contribution < -0.4 is 4.74 Å². The highest BCUT2D eigenvalue weighted by Crippen LogP contribution is 2.25. The molecule has 3 rings (SSSR count). The van der Waals surface area contributed by atoms with Crippen LogP contribution in [0.2, 0.25) is 0 Å². The van der Waals surface area contributed by atoms with Crippen LogP contribution in [-0.4, -0.2) is 12.3 Å². The summed E-state index contributed by atoms with van der Waals surface area (Å²) >= 11 is 0. The van der Waals surface area contributed by atoms with Crippen LogP contribution in [0.4, 0.5) is 0 Å². The first-order valence-electron chi connectivity index (χ1n) is 6.48. The number of methoxy groups -OCH3 is 1. The van der Waals surface area contributed by atoms with Crippen molar-refractivity contribution in [1.29, 1.82) is 0 Å². The summed E-state index contributed by atoms with van der Waals surface area (Å²) in [7, 11) is 1.67. The van der Waals surface area contributed by atoms with Gasteiger partial charge in [0.25, 0.3) is 0 Å². The zero-order chi connectivity index (χ0) is 13.8. The van der Waals surface area contributed by atoms with Crippen molar-refractivity contribution < 1.29 is 9.26 Å². The number of hydrogen-bond acceptors (Lipinski definition) is 3. The van der Waals surface area contributed by atoms with E-state index in [1.807, 2.05) is 42.5 Å². The molecule has 0 fully saturated rings. The average molecular weight is 265 g/mol. The van der Waals surface area contributed by atoms with Gasteiger partial charge in [-0.15, -0.1) is 0 Å². The molecule has 1 heterocycles. The maximum Gasteiger partial charge on any atom is 0.131 e. The third-order valence-electron chi connectivity index (χ3n) is 3.26. The van der Waals surface area contributed by atoms with Crippen molar-refractivity contribution in [3.63, 3.8) is 0 Å². The molecular weight excluding hydrogens is 250 g/mol. The summed E-state index contributed by atoms with van der Waals surface area (Å²) in [5, 5.41) is 4.12. The Kier molecular flexibility index (Phi) is 3.50. The molecule has 3 nitrogen and oxygen atoms in total. The minimum Gasteiger partial charge on any atom is -0.497 e. The van der Waals surface area contributed by atoms with E-state index >= 15 is 0 Å². The Hall–Kier alpha value is -2.55. The Morgan fingerprint density at radius 3 is 2.45 bits per heavy atom. The maximum atomic E-state index is 5.16. The topological polar surface area (TPSA) is 35.3 Å². The van der Waals surface area contributed by atoms with Gasteiger partial charge in [-0.05, 0) is 23.3 Å². The minimum atomic E-state index is 0.741. The normalized spacial score (nSPS) is 10.4. The van der Waals surface area contributed by atoms with Gasteiger partial charge < -0.3 is 9.26 Å². The zero-order valence-electron chi connectivity index (χ0n) is 11.2. The fourth-order valence-corrected chi connectivity index (χ4v) is 2.18. The number of ether oxygens (including phenoxy) is 1. The van der Waals surface area contributed by atoms with Crippen LogP contribution in [0, 0.1) is 0 Å². The van der Waals surface area contributed by atoms with E-state index in [1.54, 1.807) is 13.4 Å². The lowest BCUT2D eigenvalue weighted by Crippen LogP contribution is -1.91. The van der Waals surface area contributed by atoms with Gasteiger partial charge in [-0.3, -0.25) is 0 Å². The predicted molar refractivity (Wildman–Crippen MR) is 77.7 cm³/mol. The van der Waals surface area contributed by atoms with Gasteiger partial charge in [0.15, 0.2) is 0 Å². The van der Waals surface area contributed by atoms with Gasteiger partial charge >= 0.3 is 0 Å². The van der Waals surface area contributed by atoms with E-state index in [0.717, 1.165) is 29.0 Å². The number of hydrogen-bond donors (Lipinski definition) is 0. The smallest absolute Gasteiger partial charge is 0.131 e. The molecule has 0 amide bonds. The minimum absolute atomic E-state index is 0.741. The summed E-state index contributed by atoms with van der Waals surface area (Å²) in [4.78, 5) is 0. The summed E-state index contributed by atoms with van der Waals surface area (Å²) in [5.41, 5.74) is 4.29. The van der Waals surface area contributed by atoms with E-state index in [-0.39, 0.29) is 0 Å². The molecule has 2 aromatic carbocycles. The zero-order valence-corrected chi connectivity index (χ0v) is 11.2. The molecule has 0 atom stereocenters. The number of nitrogens with zero attached hydrogens (tertiary/aromatic N) is 1. The Morgan fingerprint density at radius 1 is 1.00 bits per heavy atom. The summed E-state index contributed by atoms with van der Waals surface area (Å²) in [6.45, 7) is 0. The van der Waals surface area contributed by atoms with Crippen LogP contribution in [0.5, 0.6) is 5.75 Å². The van der Waals surface area contributed by atoms with Crippen molar-refractivity contribution in [2.45, 2.75) is 6.42 Å². The van der Waals surface area contributed by atoms with Crippen molar-refractivity contribution in [3.8, 4) is 16.9 Å². The molecule has 0 spiro atoms. The van der Waals surface area contributed by atoms with Crippen LogP contribution in [-0.2, 0) is 6.42 Å². The molecule has 0 saturated carbocycles. The first kappa shape index (κ1) is 12.5. The second-order valence-electron chi connectivity index (χ2n) is 4.57. The number of aromatic nitrogens is 1. The highest BCUT2D eigenvalue weighted by molar-refractivity contribution is 5.65. The SMILES string of the molecule is COc1ccc(Cc2nocc2-c2ccccc2)cc1. The molecule has 0 N–H and O–H groups in total. The highest BCUT2D eigenvalue weighted by Gasteiger charge is 2.10. The third-order valence-corrected chi connectivity index (χ3v) is 3.26. The van der Waals surface area contributed by atoms with Crippen LogP contribution >= 0.6 is 0 Å². The van der Waals surface area contributed by atoms with Gasteiger partial charge in [0.2, 0.25) is 0 Å². The number of rotatable bonds is 4. The molecule has 0 saturated heterocycles. The van der Waals surface area contributed by atoms with Crippen LogP contribution in [0.1, 0.15) is 11.3 Å². The molecular formula is C17H15NO2. The Labute approximate surface area is 117 Å². The molecule has 0 aliphatic rings. The van der Waals surface area contributed by atoms with Gasteiger partial charge in [0.1, 0.15) is 12.0 Å². The first-order chi connectivity index (χ1) is 9.86. The van der Waals surface area contributed by atoms with Crippen molar-refractivity contribution in [2.24, 2.45) is 0 Å². The molecule has 3 heteroatoms. The van der Waals surface area contributed by atoms with E-state index in [2.05, 4.69) is 17.3 Å².